The summed E-state index contributed by atoms with van der Waals surface area (Å²) in [7, 11) is 6.00. The van der Waals surface area contributed by atoms with Crippen LogP contribution in [0.3, 0.4) is 0 Å². The first kappa shape index (κ1) is 10.7. The highest BCUT2D eigenvalue weighted by atomic mass is 16.4. The van der Waals surface area contributed by atoms with Crippen molar-refractivity contribution in [1.82, 2.24) is 9.88 Å². The van der Waals surface area contributed by atoms with Crippen LogP contribution in [0.25, 0.3) is 0 Å². The average molecular weight is 170 g/mol. The van der Waals surface area contributed by atoms with E-state index in [1.165, 1.54) is 12.3 Å². The molecule has 1 rings (SSSR count). The Hall–Kier alpha value is -1.29. The number of hydrogen-bond acceptors (Lipinski definition) is 2. The second kappa shape index (κ2) is 5.37. The van der Waals surface area contributed by atoms with Crippen molar-refractivity contribution in [3.63, 3.8) is 0 Å². The molecule has 1 aromatic rings. The highest BCUT2D eigenvalue weighted by Crippen LogP contribution is 1.93. The summed E-state index contributed by atoms with van der Waals surface area (Å²) < 4.78 is 0. The number of aromatic amines is 1. The Morgan fingerprint density at radius 1 is 1.50 bits per heavy atom. The molecule has 0 aliphatic carbocycles. The summed E-state index contributed by atoms with van der Waals surface area (Å²) in [6.45, 7) is 0. The van der Waals surface area contributed by atoms with Crippen molar-refractivity contribution in [2.24, 2.45) is 0 Å². The molecular weight excluding hydrogens is 156 g/mol. The number of aromatic carboxylic acids is 1. The van der Waals surface area contributed by atoms with Gasteiger partial charge in [0.25, 0.3) is 0 Å². The number of carbonyl (C=O) groups is 1. The number of nitrogens with one attached hydrogen (secondary N) is 1. The summed E-state index contributed by atoms with van der Waals surface area (Å²) in [6.07, 6.45) is 3.01. The van der Waals surface area contributed by atoms with Crippen LogP contribution < -0.4 is 0 Å². The molecule has 0 aromatic carbocycles. The van der Waals surface area contributed by atoms with Gasteiger partial charge in [0, 0.05) is 12.4 Å². The molecule has 0 bridgehead atoms. The summed E-state index contributed by atoms with van der Waals surface area (Å²) in [4.78, 5) is 14.7. The van der Waals surface area contributed by atoms with Gasteiger partial charge in [0.15, 0.2) is 0 Å². The molecule has 0 unspecified atom stereocenters. The van der Waals surface area contributed by atoms with Crippen LogP contribution in [0.4, 0.5) is 0 Å². The van der Waals surface area contributed by atoms with E-state index in [9.17, 15) is 4.79 Å². The second-order valence-electron chi connectivity index (χ2n) is 2.75. The van der Waals surface area contributed by atoms with Crippen molar-refractivity contribution in [3.05, 3.63) is 24.0 Å². The molecule has 1 heterocycles. The minimum Gasteiger partial charge on any atom is -0.478 e. The molecule has 12 heavy (non-hydrogen) atoms. The molecule has 0 saturated carbocycles. The van der Waals surface area contributed by atoms with Gasteiger partial charge in [-0.2, -0.15) is 0 Å². The zero-order valence-electron chi connectivity index (χ0n) is 7.53. The smallest absolute Gasteiger partial charge is 0.337 e. The standard InChI is InChI=1S/C5H5NO2.C3H9N/c7-5(8)4-1-2-6-3-4;1-4(2)3/h1-3,6H,(H,7,8);1-3H3. The van der Waals surface area contributed by atoms with Crippen LogP contribution in [0.15, 0.2) is 18.5 Å². The Morgan fingerprint density at radius 3 is 2.17 bits per heavy atom. The first-order valence-electron chi connectivity index (χ1n) is 3.51. The second-order valence-corrected chi connectivity index (χ2v) is 2.75. The molecule has 0 aliphatic heterocycles. The monoisotopic (exact) mass is 170 g/mol. The Kier molecular flexibility index (Phi) is 4.79. The van der Waals surface area contributed by atoms with E-state index in [0.717, 1.165) is 0 Å². The molecule has 68 valence electrons. The van der Waals surface area contributed by atoms with Crippen LogP contribution in [0, 0.1) is 0 Å². The van der Waals surface area contributed by atoms with Gasteiger partial charge in [0.1, 0.15) is 0 Å². The van der Waals surface area contributed by atoms with Gasteiger partial charge in [-0.05, 0) is 27.2 Å². The zero-order valence-corrected chi connectivity index (χ0v) is 7.53. The van der Waals surface area contributed by atoms with Gasteiger partial charge in [-0.25, -0.2) is 4.79 Å². The van der Waals surface area contributed by atoms with Crippen molar-refractivity contribution < 1.29 is 9.90 Å². The van der Waals surface area contributed by atoms with Crippen LogP contribution in [0.1, 0.15) is 10.4 Å². The maximum absolute atomic E-state index is 10.0. The van der Waals surface area contributed by atoms with Crippen molar-refractivity contribution >= 4 is 5.97 Å². The van der Waals surface area contributed by atoms with Crippen LogP contribution in [-0.4, -0.2) is 42.1 Å². The van der Waals surface area contributed by atoms with E-state index in [-0.39, 0.29) is 0 Å². The lowest BCUT2D eigenvalue weighted by atomic mass is 10.4. The molecule has 4 nitrogen and oxygen atoms in total. The quantitative estimate of drug-likeness (QED) is 0.658. The van der Waals surface area contributed by atoms with E-state index in [1.807, 2.05) is 26.0 Å². The maximum Gasteiger partial charge on any atom is 0.337 e. The molecular formula is C8H14N2O2. The van der Waals surface area contributed by atoms with Crippen molar-refractivity contribution in [1.29, 1.82) is 0 Å². The van der Waals surface area contributed by atoms with Gasteiger partial charge in [0.2, 0.25) is 0 Å². The molecule has 0 atom stereocenters. The SMILES string of the molecule is CN(C)C.O=C(O)c1cc[nH]c1. The fraction of sp³-hybridized carbons (Fsp3) is 0.375. The zero-order chi connectivity index (χ0) is 9.56. The van der Waals surface area contributed by atoms with Crippen molar-refractivity contribution in [2.75, 3.05) is 21.1 Å². The summed E-state index contributed by atoms with van der Waals surface area (Å²) in [5.74, 6) is -0.897. The van der Waals surface area contributed by atoms with Crippen LogP contribution in [-0.2, 0) is 0 Å². The third kappa shape index (κ3) is 5.49. The minimum atomic E-state index is -0.897. The third-order valence-corrected chi connectivity index (χ3v) is 0.845. The number of rotatable bonds is 1. The van der Waals surface area contributed by atoms with E-state index >= 15 is 0 Å². The average Bonchev–Trinajstić information content (AvgIpc) is 2.34. The Bertz CT molecular complexity index is 214. The van der Waals surface area contributed by atoms with E-state index in [4.69, 9.17) is 5.11 Å². The summed E-state index contributed by atoms with van der Waals surface area (Å²) in [5, 5.41) is 8.25. The largest absolute Gasteiger partial charge is 0.478 e. The number of carboxylic acid groups (broad SMARTS) is 1. The number of nitrogens with zero attached hydrogens (tertiary/aromatic N) is 1. The summed E-state index contributed by atoms with van der Waals surface area (Å²) >= 11 is 0. The number of carboxylic acids is 1. The maximum atomic E-state index is 10.0. The molecule has 0 fully saturated rings. The van der Waals surface area contributed by atoms with Gasteiger partial charge in [-0.3, -0.25) is 0 Å². The van der Waals surface area contributed by atoms with Crippen LogP contribution >= 0.6 is 0 Å². The first-order valence-corrected chi connectivity index (χ1v) is 3.51. The molecule has 0 aliphatic rings. The topological polar surface area (TPSA) is 56.3 Å². The number of aromatic nitrogens is 1. The van der Waals surface area contributed by atoms with Gasteiger partial charge in [-0.15, -0.1) is 0 Å². The Morgan fingerprint density at radius 2 is 2.00 bits per heavy atom. The molecule has 0 saturated heterocycles. The van der Waals surface area contributed by atoms with E-state index in [2.05, 4.69) is 4.98 Å². The Labute approximate surface area is 71.8 Å². The molecule has 2 N–H and O–H groups in total. The fourth-order valence-corrected chi connectivity index (χ4v) is 0.457. The number of hydrogen-bond donors (Lipinski definition) is 2. The van der Waals surface area contributed by atoms with Crippen molar-refractivity contribution in [3.8, 4) is 0 Å². The van der Waals surface area contributed by atoms with Gasteiger partial charge >= 0.3 is 5.97 Å². The Balaban J connectivity index is 0.000000261. The molecule has 1 aromatic heterocycles. The summed E-state index contributed by atoms with van der Waals surface area (Å²) in [5.41, 5.74) is 0.296. The molecule has 4 heteroatoms. The predicted molar refractivity (Wildman–Crippen MR) is 47.4 cm³/mol. The van der Waals surface area contributed by atoms with E-state index in [0.29, 0.717) is 5.56 Å². The number of H-pyrrole nitrogens is 1. The summed E-state index contributed by atoms with van der Waals surface area (Å²) in [6, 6.07) is 1.50. The fourth-order valence-electron chi connectivity index (χ4n) is 0.457. The van der Waals surface area contributed by atoms with Gasteiger partial charge in [-0.1, -0.05) is 0 Å². The third-order valence-electron chi connectivity index (χ3n) is 0.845. The highest BCUT2D eigenvalue weighted by Gasteiger charge is 1.98. The van der Waals surface area contributed by atoms with Gasteiger partial charge < -0.3 is 15.0 Å². The lowest BCUT2D eigenvalue weighted by Gasteiger charge is -1.90. The lowest BCUT2D eigenvalue weighted by molar-refractivity contribution is 0.0697. The highest BCUT2D eigenvalue weighted by molar-refractivity contribution is 5.87. The van der Waals surface area contributed by atoms with Gasteiger partial charge in [0.05, 0.1) is 5.56 Å². The molecule has 0 amide bonds. The van der Waals surface area contributed by atoms with E-state index < -0.39 is 5.97 Å². The minimum absolute atomic E-state index is 0.296. The normalized spacial score (nSPS) is 9.00. The predicted octanol–water partition coefficient (Wildman–Crippen LogP) is 0.891. The molecule has 0 radical (unpaired) electrons. The lowest BCUT2D eigenvalue weighted by Crippen LogP contribution is -1.99. The van der Waals surface area contributed by atoms with Crippen LogP contribution in [0.2, 0.25) is 0 Å². The van der Waals surface area contributed by atoms with E-state index in [1.54, 1.807) is 6.20 Å². The van der Waals surface area contributed by atoms with Crippen molar-refractivity contribution in [2.45, 2.75) is 0 Å². The van der Waals surface area contributed by atoms with Crippen LogP contribution in [0.5, 0.6) is 0 Å². The molecule has 0 spiro atoms. The first-order chi connectivity index (χ1) is 5.54.